The molecule has 1 amide bonds. The standard InChI is InChI=1S/C18H18N2O3/c1-13-4-2-7-17(8-13)23-12-16(21)11-20-18(22)15-6-3-5-14(9-15)10-19/h2-9,16,21H,11-12H2,1H3,(H,20,22). The van der Waals surface area contributed by atoms with Crippen LogP contribution >= 0.6 is 0 Å². The molecular formula is C18H18N2O3. The lowest BCUT2D eigenvalue weighted by Crippen LogP contribution is -2.35. The number of nitrogens with one attached hydrogen (secondary N) is 1. The Labute approximate surface area is 135 Å². The van der Waals surface area contributed by atoms with Crippen molar-refractivity contribution in [3.63, 3.8) is 0 Å². The van der Waals surface area contributed by atoms with E-state index in [4.69, 9.17) is 10.00 Å². The van der Waals surface area contributed by atoms with Crippen LogP contribution in [0.1, 0.15) is 21.5 Å². The van der Waals surface area contributed by atoms with Crippen molar-refractivity contribution in [2.75, 3.05) is 13.2 Å². The number of nitriles is 1. The Morgan fingerprint density at radius 1 is 1.30 bits per heavy atom. The molecule has 1 atom stereocenters. The zero-order valence-electron chi connectivity index (χ0n) is 12.8. The largest absolute Gasteiger partial charge is 0.491 e. The quantitative estimate of drug-likeness (QED) is 0.855. The molecule has 0 saturated heterocycles. The van der Waals surface area contributed by atoms with Crippen LogP contribution in [-0.2, 0) is 0 Å². The highest BCUT2D eigenvalue weighted by Crippen LogP contribution is 2.12. The van der Waals surface area contributed by atoms with Gasteiger partial charge in [0.1, 0.15) is 18.5 Å². The summed E-state index contributed by atoms with van der Waals surface area (Å²) in [5.41, 5.74) is 1.87. The van der Waals surface area contributed by atoms with Gasteiger partial charge < -0.3 is 15.2 Å². The third-order valence-electron chi connectivity index (χ3n) is 3.18. The lowest BCUT2D eigenvalue weighted by Gasteiger charge is -2.13. The van der Waals surface area contributed by atoms with Gasteiger partial charge in [-0.3, -0.25) is 4.79 Å². The molecule has 0 aliphatic carbocycles. The van der Waals surface area contributed by atoms with Gasteiger partial charge in [0.25, 0.3) is 5.91 Å². The molecule has 2 rings (SSSR count). The number of hydrogen-bond donors (Lipinski definition) is 2. The van der Waals surface area contributed by atoms with Gasteiger partial charge in [0.2, 0.25) is 0 Å². The molecule has 1 unspecified atom stereocenters. The molecule has 23 heavy (non-hydrogen) atoms. The lowest BCUT2D eigenvalue weighted by molar-refractivity contribution is 0.0843. The Morgan fingerprint density at radius 2 is 2.09 bits per heavy atom. The van der Waals surface area contributed by atoms with E-state index in [1.54, 1.807) is 18.2 Å². The minimum Gasteiger partial charge on any atom is -0.491 e. The number of carbonyl (C=O) groups excluding carboxylic acids is 1. The van der Waals surface area contributed by atoms with Crippen LogP contribution in [0.4, 0.5) is 0 Å². The molecule has 0 aliphatic heterocycles. The first-order valence-electron chi connectivity index (χ1n) is 7.24. The summed E-state index contributed by atoms with van der Waals surface area (Å²) in [7, 11) is 0. The van der Waals surface area contributed by atoms with Crippen LogP contribution in [0.2, 0.25) is 0 Å². The molecule has 5 nitrogen and oxygen atoms in total. The van der Waals surface area contributed by atoms with E-state index < -0.39 is 6.10 Å². The summed E-state index contributed by atoms with van der Waals surface area (Å²) in [6.45, 7) is 2.11. The average Bonchev–Trinajstić information content (AvgIpc) is 2.58. The minimum absolute atomic E-state index is 0.0709. The number of ether oxygens (including phenoxy) is 1. The summed E-state index contributed by atoms with van der Waals surface area (Å²) in [4.78, 5) is 12.0. The van der Waals surface area contributed by atoms with Crippen LogP contribution in [0.5, 0.6) is 5.75 Å². The molecule has 0 heterocycles. The Morgan fingerprint density at radius 3 is 2.83 bits per heavy atom. The van der Waals surface area contributed by atoms with E-state index in [0.717, 1.165) is 5.56 Å². The van der Waals surface area contributed by atoms with Crippen molar-refractivity contribution in [2.24, 2.45) is 0 Å². The second-order valence-electron chi connectivity index (χ2n) is 5.18. The predicted molar refractivity (Wildman–Crippen MR) is 86.2 cm³/mol. The molecule has 0 radical (unpaired) electrons. The first kappa shape index (κ1) is 16.5. The average molecular weight is 310 g/mol. The lowest BCUT2D eigenvalue weighted by atomic mass is 10.1. The molecule has 2 aromatic carbocycles. The third kappa shape index (κ3) is 5.13. The maximum absolute atomic E-state index is 12.0. The van der Waals surface area contributed by atoms with E-state index >= 15 is 0 Å². The number of benzene rings is 2. The topological polar surface area (TPSA) is 82.3 Å². The number of rotatable bonds is 6. The Balaban J connectivity index is 1.80. The zero-order valence-corrected chi connectivity index (χ0v) is 12.8. The van der Waals surface area contributed by atoms with Crippen LogP contribution in [0.3, 0.4) is 0 Å². The number of aryl methyl sites for hydroxylation is 1. The van der Waals surface area contributed by atoms with Crippen molar-refractivity contribution in [3.05, 3.63) is 65.2 Å². The summed E-state index contributed by atoms with van der Waals surface area (Å²) in [6, 6.07) is 15.9. The first-order valence-corrected chi connectivity index (χ1v) is 7.24. The fraction of sp³-hybridized carbons (Fsp3) is 0.222. The van der Waals surface area contributed by atoms with Crippen molar-refractivity contribution in [3.8, 4) is 11.8 Å². The molecule has 2 N–H and O–H groups in total. The number of carbonyl (C=O) groups is 1. The fourth-order valence-corrected chi connectivity index (χ4v) is 2.00. The highest BCUT2D eigenvalue weighted by molar-refractivity contribution is 5.94. The number of aliphatic hydroxyl groups excluding tert-OH is 1. The molecule has 0 fully saturated rings. The van der Waals surface area contributed by atoms with E-state index in [1.807, 2.05) is 37.3 Å². The van der Waals surface area contributed by atoms with Crippen molar-refractivity contribution in [1.82, 2.24) is 5.32 Å². The van der Waals surface area contributed by atoms with Crippen LogP contribution in [-0.4, -0.2) is 30.3 Å². The molecule has 118 valence electrons. The second-order valence-corrected chi connectivity index (χ2v) is 5.18. The van der Waals surface area contributed by atoms with Crippen LogP contribution in [0.25, 0.3) is 0 Å². The summed E-state index contributed by atoms with van der Waals surface area (Å²) in [6.07, 6.45) is -0.821. The van der Waals surface area contributed by atoms with Gasteiger partial charge in [-0.1, -0.05) is 18.2 Å². The molecular weight excluding hydrogens is 292 g/mol. The first-order chi connectivity index (χ1) is 11.1. The SMILES string of the molecule is Cc1cccc(OCC(O)CNC(=O)c2cccc(C#N)c2)c1. The number of amides is 1. The summed E-state index contributed by atoms with van der Waals surface area (Å²) in [5, 5.41) is 21.3. The molecule has 0 aliphatic rings. The van der Waals surface area contributed by atoms with E-state index in [0.29, 0.717) is 16.9 Å². The van der Waals surface area contributed by atoms with Crippen LogP contribution in [0, 0.1) is 18.3 Å². The Kier molecular flexibility index (Phi) is 5.73. The normalized spacial score (nSPS) is 11.3. The predicted octanol–water partition coefficient (Wildman–Crippen LogP) is 2.04. The third-order valence-corrected chi connectivity index (χ3v) is 3.18. The van der Waals surface area contributed by atoms with E-state index in [1.165, 1.54) is 6.07 Å². The second kappa shape index (κ2) is 7.97. The zero-order chi connectivity index (χ0) is 16.7. The molecule has 0 spiro atoms. The summed E-state index contributed by atoms with van der Waals surface area (Å²) < 4.78 is 5.48. The van der Waals surface area contributed by atoms with Crippen LogP contribution in [0.15, 0.2) is 48.5 Å². The van der Waals surface area contributed by atoms with Crippen molar-refractivity contribution < 1.29 is 14.6 Å². The highest BCUT2D eigenvalue weighted by Gasteiger charge is 2.10. The summed E-state index contributed by atoms with van der Waals surface area (Å²) in [5.74, 6) is 0.341. The van der Waals surface area contributed by atoms with Gasteiger partial charge in [-0.2, -0.15) is 5.26 Å². The van der Waals surface area contributed by atoms with Gasteiger partial charge in [0.15, 0.2) is 0 Å². The Bertz CT molecular complexity index is 722. The number of aliphatic hydroxyl groups is 1. The van der Waals surface area contributed by atoms with Gasteiger partial charge in [-0.05, 0) is 42.8 Å². The molecule has 5 heteroatoms. The highest BCUT2D eigenvalue weighted by atomic mass is 16.5. The van der Waals surface area contributed by atoms with Crippen molar-refractivity contribution in [1.29, 1.82) is 5.26 Å². The minimum atomic E-state index is -0.821. The van der Waals surface area contributed by atoms with Gasteiger partial charge in [0.05, 0.1) is 11.6 Å². The van der Waals surface area contributed by atoms with E-state index in [-0.39, 0.29) is 19.1 Å². The van der Waals surface area contributed by atoms with Gasteiger partial charge in [-0.25, -0.2) is 0 Å². The molecule has 0 saturated carbocycles. The van der Waals surface area contributed by atoms with Gasteiger partial charge in [0, 0.05) is 12.1 Å². The fourth-order valence-electron chi connectivity index (χ4n) is 2.00. The summed E-state index contributed by atoms with van der Waals surface area (Å²) >= 11 is 0. The Hall–Kier alpha value is -2.84. The maximum atomic E-state index is 12.0. The maximum Gasteiger partial charge on any atom is 0.251 e. The van der Waals surface area contributed by atoms with E-state index in [9.17, 15) is 9.90 Å². The van der Waals surface area contributed by atoms with Crippen molar-refractivity contribution in [2.45, 2.75) is 13.0 Å². The van der Waals surface area contributed by atoms with Crippen molar-refractivity contribution >= 4 is 5.91 Å². The number of nitrogens with zero attached hydrogens (tertiary/aromatic N) is 1. The monoisotopic (exact) mass is 310 g/mol. The molecule has 0 aromatic heterocycles. The smallest absolute Gasteiger partial charge is 0.251 e. The van der Waals surface area contributed by atoms with E-state index in [2.05, 4.69) is 5.32 Å². The van der Waals surface area contributed by atoms with Crippen LogP contribution < -0.4 is 10.1 Å². The molecule has 2 aromatic rings. The number of hydrogen-bond acceptors (Lipinski definition) is 4. The van der Waals surface area contributed by atoms with Gasteiger partial charge >= 0.3 is 0 Å². The van der Waals surface area contributed by atoms with Gasteiger partial charge in [-0.15, -0.1) is 0 Å². The molecule has 0 bridgehead atoms.